The van der Waals surface area contributed by atoms with Crippen LogP contribution in [0.25, 0.3) is 0 Å². The number of hydrogen-bond donors (Lipinski definition) is 1. The van der Waals surface area contributed by atoms with E-state index in [-0.39, 0.29) is 12.4 Å². The van der Waals surface area contributed by atoms with E-state index >= 15 is 0 Å². The fourth-order valence-corrected chi connectivity index (χ4v) is 5.21. The molecular formula is C16H32O4Si. The van der Waals surface area contributed by atoms with E-state index in [2.05, 4.69) is 20.4 Å². The highest BCUT2D eigenvalue weighted by Gasteiger charge is 2.38. The minimum atomic E-state index is -2.44. The zero-order valence-corrected chi connectivity index (χ0v) is 14.9. The molecule has 0 fully saturated rings. The van der Waals surface area contributed by atoms with E-state index in [1.807, 2.05) is 6.92 Å². The van der Waals surface area contributed by atoms with Crippen molar-refractivity contribution in [2.24, 2.45) is 0 Å². The number of aliphatic hydroxyl groups excluding tert-OH is 1. The van der Waals surface area contributed by atoms with Crippen molar-refractivity contribution < 1.29 is 18.8 Å². The van der Waals surface area contributed by atoms with Gasteiger partial charge in [0.05, 0.1) is 0 Å². The summed E-state index contributed by atoms with van der Waals surface area (Å²) in [5.74, 6) is -0.0646. The molecule has 0 rings (SSSR count). The van der Waals surface area contributed by atoms with Crippen LogP contribution in [0.3, 0.4) is 0 Å². The Morgan fingerprint density at radius 3 is 2.48 bits per heavy atom. The van der Waals surface area contributed by atoms with E-state index in [9.17, 15) is 4.79 Å². The van der Waals surface area contributed by atoms with Crippen LogP contribution < -0.4 is 0 Å². The zero-order chi connectivity index (χ0) is 16.1. The summed E-state index contributed by atoms with van der Waals surface area (Å²) >= 11 is 0. The lowest BCUT2D eigenvalue weighted by molar-refractivity contribution is -0.122. The predicted octanol–water partition coefficient (Wildman–Crippen LogP) is 3.59. The van der Waals surface area contributed by atoms with E-state index in [1.54, 1.807) is 0 Å². The number of carbonyl (C=O) groups excluding carboxylic acids is 1. The van der Waals surface area contributed by atoms with Gasteiger partial charge in [0.1, 0.15) is 6.10 Å². The number of carbonyl (C=O) groups is 1. The zero-order valence-electron chi connectivity index (χ0n) is 13.9. The molecule has 0 aliphatic heterocycles. The van der Waals surface area contributed by atoms with Crippen molar-refractivity contribution in [2.75, 3.05) is 13.2 Å². The van der Waals surface area contributed by atoms with Gasteiger partial charge in [0.2, 0.25) is 0 Å². The van der Waals surface area contributed by atoms with Gasteiger partial charge in [-0.2, -0.15) is 0 Å². The average Bonchev–Trinajstić information content (AvgIpc) is 2.51. The second kappa shape index (κ2) is 12.1. The van der Waals surface area contributed by atoms with Crippen molar-refractivity contribution >= 4 is 14.3 Å². The third-order valence-corrected chi connectivity index (χ3v) is 7.18. The first-order valence-electron chi connectivity index (χ1n) is 8.18. The molecule has 0 spiro atoms. The quantitative estimate of drug-likeness (QED) is 0.302. The maximum atomic E-state index is 12.0. The summed E-state index contributed by atoms with van der Waals surface area (Å²) in [5.41, 5.74) is 0. The Hall–Kier alpha value is -0.493. The van der Waals surface area contributed by atoms with E-state index in [4.69, 9.17) is 14.0 Å². The molecule has 0 heterocycles. The lowest BCUT2D eigenvalue weighted by Gasteiger charge is -2.33. The van der Waals surface area contributed by atoms with Crippen molar-refractivity contribution in [3.8, 4) is 0 Å². The molecular weight excluding hydrogens is 284 g/mol. The highest BCUT2D eigenvalue weighted by atomic mass is 28.4. The van der Waals surface area contributed by atoms with Gasteiger partial charge in [0.25, 0.3) is 0 Å². The van der Waals surface area contributed by atoms with Crippen LogP contribution in [0.2, 0.25) is 12.1 Å². The minimum absolute atomic E-state index is 0.0646. The standard InChI is InChI=1S/C16H32O4Si/c1-5-9-13-19-21(8-4,14-10-12-17)20-16(11-6-2)15(18)7-3/h7,16-17H,3,5-6,8-14H2,1-2,4H3. The van der Waals surface area contributed by atoms with Crippen LogP contribution in [0, 0.1) is 0 Å². The van der Waals surface area contributed by atoms with Crippen molar-refractivity contribution in [3.05, 3.63) is 12.7 Å². The van der Waals surface area contributed by atoms with Gasteiger partial charge in [-0.3, -0.25) is 4.79 Å². The summed E-state index contributed by atoms with van der Waals surface area (Å²) in [4.78, 5) is 12.0. The summed E-state index contributed by atoms with van der Waals surface area (Å²) in [6.07, 6.45) is 5.19. The molecule has 0 radical (unpaired) electrons. The smallest absolute Gasteiger partial charge is 0.338 e. The van der Waals surface area contributed by atoms with Gasteiger partial charge in [0.15, 0.2) is 5.78 Å². The Balaban J connectivity index is 4.94. The van der Waals surface area contributed by atoms with Gasteiger partial charge >= 0.3 is 8.56 Å². The van der Waals surface area contributed by atoms with E-state index in [0.717, 1.165) is 31.4 Å². The Labute approximate surface area is 130 Å². The first kappa shape index (κ1) is 20.5. The number of rotatable bonds is 14. The number of hydrogen-bond acceptors (Lipinski definition) is 4. The van der Waals surface area contributed by atoms with Crippen molar-refractivity contribution in [2.45, 2.75) is 71.1 Å². The molecule has 0 aromatic rings. The van der Waals surface area contributed by atoms with Crippen LogP contribution in [-0.2, 0) is 13.6 Å². The summed E-state index contributed by atoms with van der Waals surface area (Å²) in [6.45, 7) is 10.6. The maximum absolute atomic E-state index is 12.0. The van der Waals surface area contributed by atoms with E-state index < -0.39 is 14.7 Å². The molecule has 1 N–H and O–H groups in total. The van der Waals surface area contributed by atoms with Gasteiger partial charge in [-0.15, -0.1) is 0 Å². The highest BCUT2D eigenvalue weighted by Crippen LogP contribution is 2.25. The molecule has 124 valence electrons. The lowest BCUT2D eigenvalue weighted by Crippen LogP contribution is -2.46. The van der Waals surface area contributed by atoms with Gasteiger partial charge in [0, 0.05) is 13.2 Å². The van der Waals surface area contributed by atoms with Crippen LogP contribution in [-0.4, -0.2) is 38.8 Å². The van der Waals surface area contributed by atoms with Crippen LogP contribution in [0.4, 0.5) is 0 Å². The van der Waals surface area contributed by atoms with Gasteiger partial charge < -0.3 is 14.0 Å². The largest absolute Gasteiger partial charge is 0.396 e. The molecule has 0 aromatic carbocycles. The van der Waals surface area contributed by atoms with Crippen LogP contribution in [0.1, 0.15) is 52.9 Å². The normalized spacial score (nSPS) is 15.4. The molecule has 21 heavy (non-hydrogen) atoms. The van der Waals surface area contributed by atoms with Crippen molar-refractivity contribution in [1.29, 1.82) is 0 Å². The van der Waals surface area contributed by atoms with E-state index in [0.29, 0.717) is 19.4 Å². The molecule has 0 saturated heterocycles. The molecule has 0 aliphatic rings. The Bertz CT molecular complexity index is 296. The van der Waals surface area contributed by atoms with Crippen LogP contribution >= 0.6 is 0 Å². The average molecular weight is 317 g/mol. The molecule has 0 aromatic heterocycles. The predicted molar refractivity (Wildman–Crippen MR) is 88.6 cm³/mol. The second-order valence-corrected chi connectivity index (χ2v) is 8.85. The third-order valence-electron chi connectivity index (χ3n) is 3.54. The van der Waals surface area contributed by atoms with Gasteiger partial charge in [-0.1, -0.05) is 40.2 Å². The fourth-order valence-electron chi connectivity index (χ4n) is 2.19. The molecule has 5 heteroatoms. The molecule has 2 unspecified atom stereocenters. The Kier molecular flexibility index (Phi) is 11.8. The molecule has 0 bridgehead atoms. The minimum Gasteiger partial charge on any atom is -0.396 e. The molecule has 4 nitrogen and oxygen atoms in total. The third kappa shape index (κ3) is 7.90. The molecule has 0 aliphatic carbocycles. The Morgan fingerprint density at radius 2 is 2.00 bits per heavy atom. The summed E-state index contributed by atoms with van der Waals surface area (Å²) in [6, 6.07) is 1.52. The van der Waals surface area contributed by atoms with Crippen LogP contribution in [0.5, 0.6) is 0 Å². The maximum Gasteiger partial charge on any atom is 0.338 e. The number of unbranched alkanes of at least 4 members (excludes halogenated alkanes) is 1. The topological polar surface area (TPSA) is 55.8 Å². The summed E-state index contributed by atoms with van der Waals surface area (Å²) in [5, 5.41) is 9.12. The van der Waals surface area contributed by atoms with Crippen LogP contribution in [0.15, 0.2) is 12.7 Å². The summed E-state index contributed by atoms with van der Waals surface area (Å²) < 4.78 is 12.3. The lowest BCUT2D eigenvalue weighted by atomic mass is 10.1. The fraction of sp³-hybridized carbons (Fsp3) is 0.812. The second-order valence-electron chi connectivity index (χ2n) is 5.30. The first-order valence-corrected chi connectivity index (χ1v) is 10.4. The Morgan fingerprint density at radius 1 is 1.29 bits per heavy atom. The number of aliphatic hydroxyl groups is 1. The monoisotopic (exact) mass is 316 g/mol. The molecule has 2 atom stereocenters. The van der Waals surface area contributed by atoms with Gasteiger partial charge in [-0.05, 0) is 37.4 Å². The molecule has 0 saturated carbocycles. The van der Waals surface area contributed by atoms with E-state index in [1.165, 1.54) is 6.08 Å². The first-order chi connectivity index (χ1) is 10.1. The molecule has 0 amide bonds. The summed E-state index contributed by atoms with van der Waals surface area (Å²) in [7, 11) is -2.44. The number of ketones is 1. The van der Waals surface area contributed by atoms with Gasteiger partial charge in [-0.25, -0.2) is 0 Å². The SMILES string of the molecule is C=CC(=O)C(CCC)O[Si](CC)(CCCO)OCCCC. The van der Waals surface area contributed by atoms with Crippen molar-refractivity contribution in [3.63, 3.8) is 0 Å². The van der Waals surface area contributed by atoms with Crippen molar-refractivity contribution in [1.82, 2.24) is 0 Å². The highest BCUT2D eigenvalue weighted by molar-refractivity contribution is 6.67.